The second-order valence-electron chi connectivity index (χ2n) is 4.39. The second-order valence-corrected chi connectivity index (χ2v) is 4.39. The van der Waals surface area contributed by atoms with E-state index in [1.165, 1.54) is 5.56 Å². The smallest absolute Gasteiger partial charge is 0.0608 e. The van der Waals surface area contributed by atoms with Crippen molar-refractivity contribution in [2.45, 2.75) is 31.3 Å². The highest BCUT2D eigenvalue weighted by atomic mass is 16.3. The van der Waals surface area contributed by atoms with Gasteiger partial charge in [-0.1, -0.05) is 36.4 Å². The second kappa shape index (κ2) is 4.63. The summed E-state index contributed by atoms with van der Waals surface area (Å²) in [7, 11) is 0. The molecule has 1 aromatic rings. The maximum absolute atomic E-state index is 9.93. The van der Waals surface area contributed by atoms with Crippen LogP contribution in [0.25, 0.3) is 0 Å². The standard InChI is InChI=1S/C14H18O/c1-2-11-8-9-13(10-14(11)15)12-6-4-3-5-7-12/h2-7,11,13-15H,1,8-10H2/t11-,13-,14-/m1/s1. The van der Waals surface area contributed by atoms with Crippen molar-refractivity contribution in [2.24, 2.45) is 5.92 Å². The molecular weight excluding hydrogens is 184 g/mol. The van der Waals surface area contributed by atoms with Crippen LogP contribution in [0.1, 0.15) is 30.7 Å². The number of aliphatic hydroxyl groups excluding tert-OH is 1. The molecule has 0 aromatic heterocycles. The largest absolute Gasteiger partial charge is 0.392 e. The molecule has 1 aromatic carbocycles. The quantitative estimate of drug-likeness (QED) is 0.730. The highest BCUT2D eigenvalue weighted by molar-refractivity contribution is 5.20. The summed E-state index contributed by atoms with van der Waals surface area (Å²) >= 11 is 0. The predicted octanol–water partition coefficient (Wildman–Crippen LogP) is 3.12. The number of hydrogen-bond acceptors (Lipinski definition) is 1. The molecule has 1 aliphatic rings. The Hall–Kier alpha value is -1.08. The molecule has 0 radical (unpaired) electrons. The summed E-state index contributed by atoms with van der Waals surface area (Å²) in [5, 5.41) is 9.93. The summed E-state index contributed by atoms with van der Waals surface area (Å²) in [6, 6.07) is 10.5. The summed E-state index contributed by atoms with van der Waals surface area (Å²) in [6.07, 6.45) is 4.79. The Morgan fingerprint density at radius 1 is 1.20 bits per heavy atom. The lowest BCUT2D eigenvalue weighted by atomic mass is 9.77. The highest BCUT2D eigenvalue weighted by Crippen LogP contribution is 2.36. The van der Waals surface area contributed by atoms with Crippen LogP contribution in [0, 0.1) is 5.92 Å². The summed E-state index contributed by atoms with van der Waals surface area (Å²) in [5.74, 6) is 0.822. The molecule has 1 heteroatoms. The third-order valence-electron chi connectivity index (χ3n) is 3.44. The molecule has 0 aliphatic heterocycles. The van der Waals surface area contributed by atoms with Gasteiger partial charge in [-0.2, -0.15) is 0 Å². The Balaban J connectivity index is 2.06. The van der Waals surface area contributed by atoms with Gasteiger partial charge in [-0.15, -0.1) is 6.58 Å². The van der Waals surface area contributed by atoms with Crippen molar-refractivity contribution in [1.82, 2.24) is 0 Å². The van der Waals surface area contributed by atoms with E-state index in [1.54, 1.807) is 0 Å². The topological polar surface area (TPSA) is 20.2 Å². The molecule has 2 rings (SSSR count). The van der Waals surface area contributed by atoms with Gasteiger partial charge in [-0.25, -0.2) is 0 Å². The first-order chi connectivity index (χ1) is 7.31. The zero-order valence-electron chi connectivity index (χ0n) is 8.97. The first-order valence-corrected chi connectivity index (χ1v) is 5.67. The van der Waals surface area contributed by atoms with Gasteiger partial charge in [0, 0.05) is 5.92 Å². The van der Waals surface area contributed by atoms with E-state index in [2.05, 4.69) is 30.8 Å². The first-order valence-electron chi connectivity index (χ1n) is 5.67. The van der Waals surface area contributed by atoms with E-state index >= 15 is 0 Å². The number of rotatable bonds is 2. The van der Waals surface area contributed by atoms with Crippen LogP contribution in [0.3, 0.4) is 0 Å². The van der Waals surface area contributed by atoms with Gasteiger partial charge in [-0.05, 0) is 30.7 Å². The van der Waals surface area contributed by atoms with E-state index in [9.17, 15) is 5.11 Å². The molecule has 0 amide bonds. The molecule has 3 atom stereocenters. The van der Waals surface area contributed by atoms with Gasteiger partial charge in [0.2, 0.25) is 0 Å². The van der Waals surface area contributed by atoms with Gasteiger partial charge in [0.25, 0.3) is 0 Å². The lowest BCUT2D eigenvalue weighted by Crippen LogP contribution is -2.26. The van der Waals surface area contributed by atoms with E-state index in [0.717, 1.165) is 19.3 Å². The van der Waals surface area contributed by atoms with Gasteiger partial charge in [0.05, 0.1) is 6.10 Å². The van der Waals surface area contributed by atoms with E-state index in [0.29, 0.717) is 11.8 Å². The first kappa shape index (κ1) is 10.4. The van der Waals surface area contributed by atoms with Crippen molar-refractivity contribution in [2.75, 3.05) is 0 Å². The molecule has 15 heavy (non-hydrogen) atoms. The molecule has 0 saturated heterocycles. The van der Waals surface area contributed by atoms with Crippen LogP contribution in [-0.2, 0) is 0 Å². The zero-order chi connectivity index (χ0) is 10.7. The van der Waals surface area contributed by atoms with Crippen molar-refractivity contribution >= 4 is 0 Å². The Kier molecular flexibility index (Phi) is 3.22. The summed E-state index contributed by atoms with van der Waals surface area (Å²) < 4.78 is 0. The Morgan fingerprint density at radius 3 is 2.53 bits per heavy atom. The van der Waals surface area contributed by atoms with Crippen LogP contribution in [0.5, 0.6) is 0 Å². The molecule has 1 nitrogen and oxygen atoms in total. The Labute approximate surface area is 91.4 Å². The van der Waals surface area contributed by atoms with Gasteiger partial charge < -0.3 is 5.11 Å². The van der Waals surface area contributed by atoms with Crippen molar-refractivity contribution in [3.8, 4) is 0 Å². The van der Waals surface area contributed by atoms with E-state index in [-0.39, 0.29) is 6.10 Å². The van der Waals surface area contributed by atoms with Crippen LogP contribution in [-0.4, -0.2) is 11.2 Å². The van der Waals surface area contributed by atoms with Crippen LogP contribution in [0.4, 0.5) is 0 Å². The Bertz CT molecular complexity index is 317. The fraction of sp³-hybridized carbons (Fsp3) is 0.429. The molecular formula is C14H18O. The zero-order valence-corrected chi connectivity index (χ0v) is 8.97. The molecule has 80 valence electrons. The molecule has 1 aliphatic carbocycles. The van der Waals surface area contributed by atoms with E-state index in [1.807, 2.05) is 12.1 Å². The third-order valence-corrected chi connectivity index (χ3v) is 3.44. The van der Waals surface area contributed by atoms with Crippen LogP contribution >= 0.6 is 0 Å². The maximum atomic E-state index is 9.93. The van der Waals surface area contributed by atoms with E-state index < -0.39 is 0 Å². The lowest BCUT2D eigenvalue weighted by molar-refractivity contribution is 0.0829. The van der Waals surface area contributed by atoms with Crippen LogP contribution in [0.2, 0.25) is 0 Å². The van der Waals surface area contributed by atoms with Crippen molar-refractivity contribution < 1.29 is 5.11 Å². The number of aliphatic hydroxyl groups is 1. The van der Waals surface area contributed by atoms with Crippen LogP contribution < -0.4 is 0 Å². The van der Waals surface area contributed by atoms with Crippen LogP contribution in [0.15, 0.2) is 43.0 Å². The van der Waals surface area contributed by atoms with Crippen molar-refractivity contribution in [3.63, 3.8) is 0 Å². The summed E-state index contributed by atoms with van der Waals surface area (Å²) in [6.45, 7) is 3.77. The van der Waals surface area contributed by atoms with Crippen molar-refractivity contribution in [1.29, 1.82) is 0 Å². The minimum atomic E-state index is -0.207. The molecule has 0 heterocycles. The number of hydrogen-bond donors (Lipinski definition) is 1. The predicted molar refractivity (Wildman–Crippen MR) is 62.7 cm³/mol. The van der Waals surface area contributed by atoms with Crippen molar-refractivity contribution in [3.05, 3.63) is 48.6 Å². The van der Waals surface area contributed by atoms with Gasteiger partial charge >= 0.3 is 0 Å². The molecule has 1 N–H and O–H groups in total. The minimum Gasteiger partial charge on any atom is -0.392 e. The minimum absolute atomic E-state index is 0.207. The lowest BCUT2D eigenvalue weighted by Gasteiger charge is -2.31. The molecule has 0 unspecified atom stereocenters. The van der Waals surface area contributed by atoms with Gasteiger partial charge in [0.1, 0.15) is 0 Å². The van der Waals surface area contributed by atoms with Gasteiger partial charge in [0.15, 0.2) is 0 Å². The fourth-order valence-electron chi connectivity index (χ4n) is 2.47. The SMILES string of the molecule is C=C[C@@H]1CC[C@@H](c2ccccc2)C[C@H]1O. The summed E-state index contributed by atoms with van der Waals surface area (Å²) in [4.78, 5) is 0. The fourth-order valence-corrected chi connectivity index (χ4v) is 2.47. The molecule has 1 fully saturated rings. The Morgan fingerprint density at radius 2 is 1.93 bits per heavy atom. The number of benzene rings is 1. The summed E-state index contributed by atoms with van der Waals surface area (Å²) in [5.41, 5.74) is 1.36. The average Bonchev–Trinajstić information content (AvgIpc) is 2.30. The molecule has 0 bridgehead atoms. The normalized spacial score (nSPS) is 31.1. The monoisotopic (exact) mass is 202 g/mol. The third kappa shape index (κ3) is 2.29. The maximum Gasteiger partial charge on any atom is 0.0608 e. The molecule has 1 saturated carbocycles. The van der Waals surface area contributed by atoms with Gasteiger partial charge in [-0.3, -0.25) is 0 Å². The highest BCUT2D eigenvalue weighted by Gasteiger charge is 2.27. The average molecular weight is 202 g/mol. The van der Waals surface area contributed by atoms with E-state index in [4.69, 9.17) is 0 Å². The molecule has 0 spiro atoms.